The molecule has 3 rings (SSSR count). The molecule has 1 saturated heterocycles. The van der Waals surface area contributed by atoms with E-state index in [2.05, 4.69) is 37.1 Å². The molecule has 2 aliphatic carbocycles. The minimum absolute atomic E-state index is 0.124. The molecule has 0 amide bonds. The molecule has 0 radical (unpaired) electrons. The Morgan fingerprint density at radius 1 is 1.28 bits per heavy atom. The number of aliphatic hydroxyl groups excluding tert-OH is 2. The summed E-state index contributed by atoms with van der Waals surface area (Å²) in [6.45, 7) is 6.28. The Labute approximate surface area is 175 Å². The Balaban J connectivity index is 1.71. The smallest absolute Gasteiger partial charge is 0.213 e. The van der Waals surface area contributed by atoms with Crippen molar-refractivity contribution in [1.29, 1.82) is 0 Å². The number of hydrogen-bond acceptors (Lipinski definition) is 5. The number of aliphatic hydroxyl groups is 2. The molecule has 2 N–H and O–H groups in total. The summed E-state index contributed by atoms with van der Waals surface area (Å²) in [5.74, 6) is 1.37. The fourth-order valence-electron chi connectivity index (χ4n) is 4.81. The van der Waals surface area contributed by atoms with Gasteiger partial charge in [-0.25, -0.2) is 0 Å². The van der Waals surface area contributed by atoms with Gasteiger partial charge in [0.15, 0.2) is 0 Å². The monoisotopic (exact) mass is 403 g/mol. The number of aliphatic imine (C=N–C) groups is 1. The zero-order valence-corrected chi connectivity index (χ0v) is 18.4. The summed E-state index contributed by atoms with van der Waals surface area (Å²) in [6, 6.07) is 0. The number of allylic oxidation sites excluding steroid dienone is 5. The number of ether oxygens (including phenoxy) is 2. The molecule has 29 heavy (non-hydrogen) atoms. The van der Waals surface area contributed by atoms with Crippen molar-refractivity contribution >= 4 is 5.90 Å². The summed E-state index contributed by atoms with van der Waals surface area (Å²) >= 11 is 0. The fraction of sp³-hybridized carbons (Fsp3) is 0.708. The van der Waals surface area contributed by atoms with E-state index in [4.69, 9.17) is 9.47 Å². The molecule has 0 bridgehead atoms. The summed E-state index contributed by atoms with van der Waals surface area (Å²) in [4.78, 5) is 4.35. The van der Waals surface area contributed by atoms with Crippen LogP contribution in [-0.2, 0) is 9.47 Å². The molecule has 0 aromatic heterocycles. The zero-order chi connectivity index (χ0) is 21.0. The predicted octanol–water partition coefficient (Wildman–Crippen LogP) is 4.31. The van der Waals surface area contributed by atoms with Crippen LogP contribution in [0.5, 0.6) is 0 Å². The summed E-state index contributed by atoms with van der Waals surface area (Å²) in [5.41, 5.74) is 3.48. The second kappa shape index (κ2) is 9.59. The SMILES string of the molecule is CN=C(O[C@H]1CC(O)C[C@@H](CO)O1)/C(C)=C(\C)C1(C)C=CC(CC2CCCC2)=C1. The Bertz CT molecular complexity index is 702. The molecule has 1 heterocycles. The van der Waals surface area contributed by atoms with Crippen LogP contribution in [0.4, 0.5) is 0 Å². The molecule has 2 fully saturated rings. The Morgan fingerprint density at radius 3 is 2.66 bits per heavy atom. The third-order valence-corrected chi connectivity index (χ3v) is 6.81. The van der Waals surface area contributed by atoms with Gasteiger partial charge in [0.2, 0.25) is 12.2 Å². The van der Waals surface area contributed by atoms with Gasteiger partial charge < -0.3 is 19.7 Å². The Hall–Kier alpha value is -1.43. The van der Waals surface area contributed by atoms with Gasteiger partial charge in [-0.05, 0) is 33.1 Å². The molecule has 3 aliphatic rings. The summed E-state index contributed by atoms with van der Waals surface area (Å²) in [6.07, 6.45) is 12.9. The number of nitrogens with zero attached hydrogens (tertiary/aromatic N) is 1. The van der Waals surface area contributed by atoms with Gasteiger partial charge in [-0.3, -0.25) is 4.99 Å². The molecular weight excluding hydrogens is 366 g/mol. The van der Waals surface area contributed by atoms with Gasteiger partial charge in [0.05, 0.1) is 18.8 Å². The zero-order valence-electron chi connectivity index (χ0n) is 18.4. The van der Waals surface area contributed by atoms with Gasteiger partial charge in [-0.1, -0.05) is 55.1 Å². The van der Waals surface area contributed by atoms with E-state index < -0.39 is 18.5 Å². The van der Waals surface area contributed by atoms with Crippen LogP contribution in [-0.4, -0.2) is 48.3 Å². The van der Waals surface area contributed by atoms with Crippen molar-refractivity contribution in [2.45, 2.75) is 84.2 Å². The first-order valence-electron chi connectivity index (χ1n) is 11.0. The van der Waals surface area contributed by atoms with Crippen molar-refractivity contribution in [2.75, 3.05) is 13.7 Å². The maximum atomic E-state index is 10.0. The minimum atomic E-state index is -0.599. The van der Waals surface area contributed by atoms with Crippen LogP contribution >= 0.6 is 0 Å². The minimum Gasteiger partial charge on any atom is -0.448 e. The highest BCUT2D eigenvalue weighted by Crippen LogP contribution is 2.41. The quantitative estimate of drug-likeness (QED) is 0.512. The molecule has 0 aromatic rings. The van der Waals surface area contributed by atoms with Crippen molar-refractivity contribution in [3.05, 3.63) is 34.9 Å². The van der Waals surface area contributed by atoms with E-state index in [-0.39, 0.29) is 12.0 Å². The summed E-state index contributed by atoms with van der Waals surface area (Å²) in [5, 5.41) is 19.4. The molecule has 4 atom stereocenters. The first kappa shape index (κ1) is 22.3. The van der Waals surface area contributed by atoms with Crippen molar-refractivity contribution < 1.29 is 19.7 Å². The van der Waals surface area contributed by atoms with Crippen molar-refractivity contribution in [1.82, 2.24) is 0 Å². The Morgan fingerprint density at radius 2 is 2.00 bits per heavy atom. The molecule has 5 heteroatoms. The summed E-state index contributed by atoms with van der Waals surface area (Å²) in [7, 11) is 1.71. The lowest BCUT2D eigenvalue weighted by Gasteiger charge is -2.33. The van der Waals surface area contributed by atoms with Crippen LogP contribution in [0.2, 0.25) is 0 Å². The van der Waals surface area contributed by atoms with Gasteiger partial charge in [-0.15, -0.1) is 0 Å². The van der Waals surface area contributed by atoms with E-state index in [0.29, 0.717) is 18.7 Å². The van der Waals surface area contributed by atoms with Crippen LogP contribution in [0.3, 0.4) is 0 Å². The molecule has 1 aliphatic heterocycles. The molecule has 0 spiro atoms. The van der Waals surface area contributed by atoms with Crippen LogP contribution in [0.25, 0.3) is 0 Å². The van der Waals surface area contributed by atoms with E-state index in [1.54, 1.807) is 7.05 Å². The second-order valence-electron chi connectivity index (χ2n) is 9.08. The van der Waals surface area contributed by atoms with Crippen molar-refractivity contribution in [3.8, 4) is 0 Å². The topological polar surface area (TPSA) is 71.3 Å². The molecule has 1 saturated carbocycles. The first-order valence-corrected chi connectivity index (χ1v) is 11.0. The summed E-state index contributed by atoms with van der Waals surface area (Å²) < 4.78 is 11.8. The lowest BCUT2D eigenvalue weighted by Crippen LogP contribution is -2.40. The van der Waals surface area contributed by atoms with E-state index in [9.17, 15) is 10.2 Å². The largest absolute Gasteiger partial charge is 0.448 e. The highest BCUT2D eigenvalue weighted by molar-refractivity contribution is 5.94. The Kier molecular flexibility index (Phi) is 7.36. The third-order valence-electron chi connectivity index (χ3n) is 6.81. The lowest BCUT2D eigenvalue weighted by atomic mass is 9.81. The van der Waals surface area contributed by atoms with Crippen LogP contribution in [0, 0.1) is 11.3 Å². The molecular formula is C24H37NO4. The van der Waals surface area contributed by atoms with Crippen molar-refractivity contribution in [3.63, 3.8) is 0 Å². The van der Waals surface area contributed by atoms with E-state index in [1.165, 1.54) is 43.3 Å². The van der Waals surface area contributed by atoms with Crippen LogP contribution in [0.1, 0.15) is 65.7 Å². The predicted molar refractivity (Wildman–Crippen MR) is 116 cm³/mol. The van der Waals surface area contributed by atoms with Gasteiger partial charge in [0.25, 0.3) is 0 Å². The lowest BCUT2D eigenvalue weighted by molar-refractivity contribution is -0.189. The molecule has 5 nitrogen and oxygen atoms in total. The van der Waals surface area contributed by atoms with Gasteiger partial charge in [0.1, 0.15) is 0 Å². The van der Waals surface area contributed by atoms with Crippen LogP contribution < -0.4 is 0 Å². The number of hydrogen-bond donors (Lipinski definition) is 2. The highest BCUT2D eigenvalue weighted by atomic mass is 16.7. The molecule has 0 aromatic carbocycles. The average Bonchev–Trinajstić information content (AvgIpc) is 3.35. The van der Waals surface area contributed by atoms with Gasteiger partial charge in [0, 0.05) is 30.9 Å². The number of rotatable bonds is 6. The fourth-order valence-corrected chi connectivity index (χ4v) is 4.81. The maximum Gasteiger partial charge on any atom is 0.213 e. The maximum absolute atomic E-state index is 10.0. The average molecular weight is 404 g/mol. The van der Waals surface area contributed by atoms with Crippen molar-refractivity contribution in [2.24, 2.45) is 16.3 Å². The highest BCUT2D eigenvalue weighted by Gasteiger charge is 2.32. The molecule has 2 unspecified atom stereocenters. The van der Waals surface area contributed by atoms with E-state index in [1.807, 2.05) is 6.92 Å². The molecule has 162 valence electrons. The van der Waals surface area contributed by atoms with E-state index in [0.717, 1.165) is 11.5 Å². The van der Waals surface area contributed by atoms with Gasteiger partial charge >= 0.3 is 0 Å². The van der Waals surface area contributed by atoms with Gasteiger partial charge in [-0.2, -0.15) is 0 Å². The van der Waals surface area contributed by atoms with Crippen LogP contribution in [0.15, 0.2) is 39.9 Å². The van der Waals surface area contributed by atoms with E-state index >= 15 is 0 Å². The second-order valence-corrected chi connectivity index (χ2v) is 9.08. The first-order chi connectivity index (χ1) is 13.8. The third kappa shape index (κ3) is 5.39. The normalized spacial score (nSPS) is 34.3. The standard InChI is InChI=1S/C24H37NO4/c1-16(23(25-4)29-22-13-20(27)12-21(15-26)28-22)17(2)24(3)10-9-19(14-24)11-18-7-5-6-8-18/h9-10,14,18,20-22,26-27H,5-8,11-13,15H2,1-4H3/b17-16+,25-23?/t20?,21-,22-,24?/m0/s1.